The molecule has 2 heterocycles. The molecule has 0 saturated carbocycles. The van der Waals surface area contributed by atoms with Crippen molar-refractivity contribution in [2.75, 3.05) is 20.1 Å². The molecule has 0 spiro atoms. The van der Waals surface area contributed by atoms with Gasteiger partial charge in [-0.3, -0.25) is 9.88 Å². The van der Waals surface area contributed by atoms with Gasteiger partial charge in [-0.15, -0.1) is 0 Å². The van der Waals surface area contributed by atoms with Crippen LogP contribution in [0.1, 0.15) is 38.6 Å². The van der Waals surface area contributed by atoms with Crippen LogP contribution in [0.2, 0.25) is 0 Å². The fourth-order valence-corrected chi connectivity index (χ4v) is 2.81. The van der Waals surface area contributed by atoms with Crippen molar-refractivity contribution in [1.29, 1.82) is 0 Å². The number of pyridine rings is 1. The molecule has 1 fully saturated rings. The fraction of sp³-hybridized carbons (Fsp3) is 0.688. The van der Waals surface area contributed by atoms with Crippen molar-refractivity contribution in [3.63, 3.8) is 0 Å². The summed E-state index contributed by atoms with van der Waals surface area (Å²) >= 11 is 0. The normalized spacial score (nSPS) is 20.9. The second-order valence-electron chi connectivity index (χ2n) is 6.74. The van der Waals surface area contributed by atoms with E-state index in [1.807, 2.05) is 7.05 Å². The van der Waals surface area contributed by atoms with Crippen LogP contribution in [0.4, 0.5) is 0 Å². The average Bonchev–Trinajstić information content (AvgIpc) is 2.78. The van der Waals surface area contributed by atoms with E-state index in [0.29, 0.717) is 5.41 Å². The quantitative estimate of drug-likeness (QED) is 0.903. The Hall–Kier alpha value is -0.930. The van der Waals surface area contributed by atoms with Gasteiger partial charge in [0.05, 0.1) is 11.4 Å². The summed E-state index contributed by atoms with van der Waals surface area (Å²) in [6.45, 7) is 11.3. The molecule has 1 saturated heterocycles. The van der Waals surface area contributed by atoms with Crippen molar-refractivity contribution >= 4 is 0 Å². The molecule has 1 unspecified atom stereocenters. The molecule has 1 atom stereocenters. The predicted octanol–water partition coefficient (Wildman–Crippen LogP) is 2.67. The lowest BCUT2D eigenvalue weighted by Gasteiger charge is -2.27. The molecule has 0 bridgehead atoms. The van der Waals surface area contributed by atoms with Crippen LogP contribution >= 0.6 is 0 Å². The number of rotatable bonds is 4. The fourth-order valence-electron chi connectivity index (χ4n) is 2.81. The van der Waals surface area contributed by atoms with Gasteiger partial charge in [-0.05, 0) is 43.5 Å². The van der Waals surface area contributed by atoms with Gasteiger partial charge in [-0.2, -0.15) is 0 Å². The molecular weight excluding hydrogens is 234 g/mol. The highest BCUT2D eigenvalue weighted by Gasteiger charge is 2.31. The Bertz CT molecular complexity index is 409. The van der Waals surface area contributed by atoms with E-state index in [9.17, 15) is 0 Å². The molecule has 19 heavy (non-hydrogen) atoms. The molecule has 3 nitrogen and oxygen atoms in total. The summed E-state index contributed by atoms with van der Waals surface area (Å²) in [5.41, 5.74) is 2.75. The van der Waals surface area contributed by atoms with E-state index >= 15 is 0 Å². The van der Waals surface area contributed by atoms with Crippen LogP contribution in [0.3, 0.4) is 0 Å². The lowest BCUT2D eigenvalue weighted by Crippen LogP contribution is -2.26. The maximum Gasteiger partial charge on any atom is 0.0547 e. The number of likely N-dealkylation sites (tertiary alicyclic amines) is 1. The van der Waals surface area contributed by atoms with Crippen LogP contribution in [0.25, 0.3) is 0 Å². The van der Waals surface area contributed by atoms with E-state index in [2.05, 4.69) is 49.2 Å². The van der Waals surface area contributed by atoms with Gasteiger partial charge in [0, 0.05) is 19.6 Å². The SMILES string of the molecule is CNCc1cccc(CN2CCC(C(C)(C)C)C2)n1. The minimum Gasteiger partial charge on any atom is -0.314 e. The lowest BCUT2D eigenvalue weighted by atomic mass is 9.80. The molecule has 2 rings (SSSR count). The summed E-state index contributed by atoms with van der Waals surface area (Å²) in [6, 6.07) is 6.35. The van der Waals surface area contributed by atoms with Gasteiger partial charge < -0.3 is 5.32 Å². The summed E-state index contributed by atoms with van der Waals surface area (Å²) in [6.07, 6.45) is 1.32. The van der Waals surface area contributed by atoms with Crippen LogP contribution in [-0.4, -0.2) is 30.0 Å². The molecule has 106 valence electrons. The second-order valence-corrected chi connectivity index (χ2v) is 6.74. The summed E-state index contributed by atoms with van der Waals surface area (Å²) in [5, 5.41) is 3.16. The van der Waals surface area contributed by atoms with E-state index in [1.54, 1.807) is 0 Å². The van der Waals surface area contributed by atoms with Gasteiger partial charge in [0.2, 0.25) is 0 Å². The van der Waals surface area contributed by atoms with Crippen molar-refractivity contribution in [1.82, 2.24) is 15.2 Å². The summed E-state index contributed by atoms with van der Waals surface area (Å²) in [7, 11) is 1.96. The molecule has 0 aromatic carbocycles. The first kappa shape index (κ1) is 14.5. The smallest absolute Gasteiger partial charge is 0.0547 e. The van der Waals surface area contributed by atoms with Crippen molar-refractivity contribution in [3.05, 3.63) is 29.6 Å². The number of nitrogens with one attached hydrogen (secondary N) is 1. The number of nitrogens with zero attached hydrogens (tertiary/aromatic N) is 2. The van der Waals surface area contributed by atoms with Gasteiger partial charge in [-0.1, -0.05) is 26.8 Å². The number of aromatic nitrogens is 1. The first-order chi connectivity index (χ1) is 8.99. The van der Waals surface area contributed by atoms with Gasteiger partial charge in [0.15, 0.2) is 0 Å². The van der Waals surface area contributed by atoms with Crippen molar-refractivity contribution in [2.45, 2.75) is 40.3 Å². The van der Waals surface area contributed by atoms with Gasteiger partial charge in [0.25, 0.3) is 0 Å². The standard InChI is InChI=1S/C16H27N3/c1-16(2,3)13-8-9-19(11-13)12-15-7-5-6-14(18-15)10-17-4/h5-7,13,17H,8-12H2,1-4H3. The summed E-state index contributed by atoms with van der Waals surface area (Å²) in [5.74, 6) is 0.813. The third-order valence-corrected chi connectivity index (χ3v) is 4.11. The van der Waals surface area contributed by atoms with Crippen LogP contribution in [0.5, 0.6) is 0 Å². The van der Waals surface area contributed by atoms with E-state index in [4.69, 9.17) is 4.98 Å². The van der Waals surface area contributed by atoms with E-state index < -0.39 is 0 Å². The largest absolute Gasteiger partial charge is 0.314 e. The van der Waals surface area contributed by atoms with Gasteiger partial charge >= 0.3 is 0 Å². The Kier molecular flexibility index (Phi) is 4.58. The van der Waals surface area contributed by atoms with E-state index in [0.717, 1.165) is 24.7 Å². The molecular formula is C16H27N3. The molecule has 0 radical (unpaired) electrons. The molecule has 1 aliphatic heterocycles. The minimum atomic E-state index is 0.427. The lowest BCUT2D eigenvalue weighted by molar-refractivity contribution is 0.225. The van der Waals surface area contributed by atoms with Crippen LogP contribution < -0.4 is 5.32 Å². The summed E-state index contributed by atoms with van der Waals surface area (Å²) in [4.78, 5) is 7.25. The molecule has 0 amide bonds. The average molecular weight is 261 g/mol. The Labute approximate surface area is 117 Å². The van der Waals surface area contributed by atoms with Crippen LogP contribution in [0.15, 0.2) is 18.2 Å². The molecule has 1 N–H and O–H groups in total. The maximum atomic E-state index is 4.71. The topological polar surface area (TPSA) is 28.2 Å². The molecule has 1 aromatic rings. The van der Waals surface area contributed by atoms with E-state index in [-0.39, 0.29) is 0 Å². The second kappa shape index (κ2) is 6.02. The highest BCUT2D eigenvalue weighted by atomic mass is 15.2. The van der Waals surface area contributed by atoms with Gasteiger partial charge in [-0.25, -0.2) is 0 Å². The predicted molar refractivity (Wildman–Crippen MR) is 79.8 cm³/mol. The molecule has 1 aliphatic rings. The number of hydrogen-bond donors (Lipinski definition) is 1. The Morgan fingerprint density at radius 3 is 2.68 bits per heavy atom. The zero-order chi connectivity index (χ0) is 13.9. The Morgan fingerprint density at radius 1 is 1.32 bits per heavy atom. The highest BCUT2D eigenvalue weighted by Crippen LogP contribution is 2.33. The molecule has 0 aliphatic carbocycles. The zero-order valence-electron chi connectivity index (χ0n) is 12.7. The van der Waals surface area contributed by atoms with E-state index in [1.165, 1.54) is 25.2 Å². The highest BCUT2D eigenvalue weighted by molar-refractivity contribution is 5.11. The Balaban J connectivity index is 1.93. The first-order valence-electron chi connectivity index (χ1n) is 7.31. The van der Waals surface area contributed by atoms with Crippen LogP contribution in [0, 0.1) is 11.3 Å². The van der Waals surface area contributed by atoms with Crippen molar-refractivity contribution in [3.8, 4) is 0 Å². The third-order valence-electron chi connectivity index (χ3n) is 4.11. The van der Waals surface area contributed by atoms with Gasteiger partial charge in [0.1, 0.15) is 0 Å². The maximum absolute atomic E-state index is 4.71. The molecule has 1 aromatic heterocycles. The Morgan fingerprint density at radius 2 is 2.05 bits per heavy atom. The summed E-state index contributed by atoms with van der Waals surface area (Å²) < 4.78 is 0. The molecule has 3 heteroatoms. The minimum absolute atomic E-state index is 0.427. The number of hydrogen-bond acceptors (Lipinski definition) is 3. The van der Waals surface area contributed by atoms with Crippen molar-refractivity contribution in [2.24, 2.45) is 11.3 Å². The monoisotopic (exact) mass is 261 g/mol. The van der Waals surface area contributed by atoms with Crippen LogP contribution in [-0.2, 0) is 13.1 Å². The van der Waals surface area contributed by atoms with Crippen molar-refractivity contribution < 1.29 is 0 Å². The zero-order valence-corrected chi connectivity index (χ0v) is 12.7. The third kappa shape index (κ3) is 4.02. The first-order valence-corrected chi connectivity index (χ1v) is 7.31.